The number of carbonyl (C=O) groups is 1. The van der Waals surface area contributed by atoms with Gasteiger partial charge in [0.2, 0.25) is 0 Å². The number of aliphatic hydroxyl groups is 2. The van der Waals surface area contributed by atoms with Crippen LogP contribution in [0.2, 0.25) is 0 Å². The summed E-state index contributed by atoms with van der Waals surface area (Å²) in [4.78, 5) is 25.0. The first-order valence-corrected chi connectivity index (χ1v) is 11.6. The van der Waals surface area contributed by atoms with Gasteiger partial charge in [-0.25, -0.2) is 0 Å². The fourth-order valence-corrected chi connectivity index (χ4v) is 5.09. The van der Waals surface area contributed by atoms with Crippen molar-refractivity contribution < 1.29 is 15.0 Å². The maximum atomic E-state index is 12.8. The van der Waals surface area contributed by atoms with Crippen LogP contribution in [0.25, 0.3) is 10.9 Å². The largest absolute Gasteiger partial charge is 0.511 e. The molecule has 2 heterocycles. The van der Waals surface area contributed by atoms with E-state index >= 15 is 0 Å². The Labute approximate surface area is 190 Å². The number of ketones is 1. The monoisotopic (exact) mass is 488 g/mol. The summed E-state index contributed by atoms with van der Waals surface area (Å²) in [5.74, 6) is 0.0212. The lowest BCUT2D eigenvalue weighted by atomic mass is 9.83. The lowest BCUT2D eigenvalue weighted by Crippen LogP contribution is -2.47. The molecule has 0 radical (unpaired) electrons. The molecule has 1 aromatic carbocycles. The summed E-state index contributed by atoms with van der Waals surface area (Å²) in [6.07, 6.45) is 4.31. The molecule has 1 aliphatic carbocycles. The molecular weight excluding hydrogens is 460 g/mol. The first-order chi connectivity index (χ1) is 15.1. The van der Waals surface area contributed by atoms with Crippen LogP contribution in [-0.4, -0.2) is 89.4 Å². The number of Topliss-reactive ketones (excluding diaryl/α,β-unsaturated/α-hetero) is 1. The number of fused-ring (bicyclic) bond motifs is 1. The van der Waals surface area contributed by atoms with E-state index in [1.54, 1.807) is 6.21 Å². The maximum Gasteiger partial charge on any atom is 0.168 e. The summed E-state index contributed by atoms with van der Waals surface area (Å²) in [5.41, 5.74) is 2.42. The average molecular weight is 489 g/mol. The van der Waals surface area contributed by atoms with E-state index in [2.05, 4.69) is 35.7 Å². The van der Waals surface area contributed by atoms with Gasteiger partial charge in [0.15, 0.2) is 5.78 Å². The van der Waals surface area contributed by atoms with Gasteiger partial charge in [0.1, 0.15) is 5.76 Å². The number of carbonyl (C=O) groups excluding carboxylic acids is 1. The zero-order valence-corrected chi connectivity index (χ0v) is 19.1. The van der Waals surface area contributed by atoms with Crippen LogP contribution in [0.15, 0.2) is 45.2 Å². The van der Waals surface area contributed by atoms with Gasteiger partial charge in [0.05, 0.1) is 18.7 Å². The summed E-state index contributed by atoms with van der Waals surface area (Å²) in [5, 5.41) is 20.7. The van der Waals surface area contributed by atoms with Crippen molar-refractivity contribution in [2.75, 3.05) is 52.4 Å². The van der Waals surface area contributed by atoms with Gasteiger partial charge >= 0.3 is 0 Å². The Morgan fingerprint density at radius 2 is 1.90 bits per heavy atom. The van der Waals surface area contributed by atoms with E-state index in [0.717, 1.165) is 60.2 Å². The highest BCUT2D eigenvalue weighted by Crippen LogP contribution is 2.39. The number of nitrogens with one attached hydrogen (secondary N) is 1. The molecule has 0 bridgehead atoms. The number of aromatic nitrogens is 1. The quantitative estimate of drug-likeness (QED) is 0.521. The van der Waals surface area contributed by atoms with Crippen molar-refractivity contribution in [2.45, 2.75) is 18.8 Å². The second-order valence-electron chi connectivity index (χ2n) is 8.24. The van der Waals surface area contributed by atoms with Crippen molar-refractivity contribution in [3.8, 4) is 0 Å². The van der Waals surface area contributed by atoms with Gasteiger partial charge < -0.3 is 15.2 Å². The molecule has 1 aromatic heterocycles. The minimum Gasteiger partial charge on any atom is -0.511 e. The number of allylic oxidation sites excluding steroid dienone is 2. The lowest BCUT2D eigenvalue weighted by molar-refractivity contribution is -0.116. The number of aliphatic hydroxyl groups excluding tert-OH is 2. The van der Waals surface area contributed by atoms with Crippen molar-refractivity contribution in [3.05, 3.63) is 45.8 Å². The van der Waals surface area contributed by atoms with Crippen LogP contribution in [-0.2, 0) is 4.79 Å². The number of hydrogen-bond acceptors (Lipinski definition) is 6. The topological polar surface area (TPSA) is 92.2 Å². The van der Waals surface area contributed by atoms with Crippen LogP contribution in [0.5, 0.6) is 0 Å². The Bertz CT molecular complexity index is 992. The number of piperazine rings is 1. The number of halogens is 1. The van der Waals surface area contributed by atoms with Crippen LogP contribution >= 0.6 is 15.9 Å². The first kappa shape index (κ1) is 22.2. The van der Waals surface area contributed by atoms with Gasteiger partial charge in [0, 0.05) is 85.8 Å². The van der Waals surface area contributed by atoms with E-state index in [1.807, 2.05) is 24.4 Å². The van der Waals surface area contributed by atoms with Crippen molar-refractivity contribution >= 4 is 38.8 Å². The number of rotatable bonds is 7. The number of β-amino-alcohol motifs (C(OH)–C–C–N with tert-alkyl or cyclic N) is 1. The number of aromatic amines is 1. The molecule has 7 nitrogen and oxygen atoms in total. The molecule has 1 atom stereocenters. The molecule has 4 rings (SSSR count). The Balaban J connectivity index is 1.35. The van der Waals surface area contributed by atoms with E-state index in [9.17, 15) is 9.90 Å². The number of benzene rings is 1. The number of nitrogens with zero attached hydrogens (tertiary/aromatic N) is 3. The SMILES string of the molecule is O=C1CC(c2c[nH]c3cccc(Br)c23)CC(O)=C1C=NCCN1CCN(CCO)CC1. The summed E-state index contributed by atoms with van der Waals surface area (Å²) in [7, 11) is 0. The highest BCUT2D eigenvalue weighted by atomic mass is 79.9. The molecular formula is C23H29BrN4O3. The van der Waals surface area contributed by atoms with Crippen molar-refractivity contribution in [1.82, 2.24) is 14.8 Å². The van der Waals surface area contributed by atoms with Crippen molar-refractivity contribution in [3.63, 3.8) is 0 Å². The first-order valence-electron chi connectivity index (χ1n) is 10.8. The number of aliphatic imine (C=N–C) groups is 1. The Morgan fingerprint density at radius 3 is 2.61 bits per heavy atom. The molecule has 2 aliphatic rings. The van der Waals surface area contributed by atoms with Gasteiger partial charge in [0.25, 0.3) is 0 Å². The van der Waals surface area contributed by atoms with Crippen molar-refractivity contribution in [1.29, 1.82) is 0 Å². The molecule has 1 fully saturated rings. The average Bonchev–Trinajstić information content (AvgIpc) is 3.19. The predicted octanol–water partition coefficient (Wildman–Crippen LogP) is 2.87. The normalized spacial score (nSPS) is 21.6. The molecule has 0 amide bonds. The van der Waals surface area contributed by atoms with Gasteiger partial charge in [-0.3, -0.25) is 19.6 Å². The van der Waals surface area contributed by atoms with Crippen LogP contribution in [0.4, 0.5) is 0 Å². The second-order valence-corrected chi connectivity index (χ2v) is 9.09. The summed E-state index contributed by atoms with van der Waals surface area (Å²) < 4.78 is 0.988. The second kappa shape index (κ2) is 10.1. The smallest absolute Gasteiger partial charge is 0.168 e. The van der Waals surface area contributed by atoms with E-state index in [-0.39, 0.29) is 24.1 Å². The van der Waals surface area contributed by atoms with Crippen LogP contribution in [0.3, 0.4) is 0 Å². The third-order valence-electron chi connectivity index (χ3n) is 6.25. The van der Waals surface area contributed by atoms with Gasteiger partial charge in [-0.2, -0.15) is 0 Å². The minimum atomic E-state index is -0.0588. The lowest BCUT2D eigenvalue weighted by Gasteiger charge is -2.33. The zero-order chi connectivity index (χ0) is 21.8. The third-order valence-corrected chi connectivity index (χ3v) is 6.92. The maximum absolute atomic E-state index is 12.8. The highest BCUT2D eigenvalue weighted by Gasteiger charge is 2.29. The molecule has 1 aliphatic heterocycles. The molecule has 3 N–H and O–H groups in total. The van der Waals surface area contributed by atoms with Crippen molar-refractivity contribution in [2.24, 2.45) is 4.99 Å². The zero-order valence-electron chi connectivity index (χ0n) is 17.6. The molecule has 8 heteroatoms. The van der Waals surface area contributed by atoms with Crippen LogP contribution in [0.1, 0.15) is 24.3 Å². The summed E-state index contributed by atoms with van der Waals surface area (Å²) in [6.45, 7) is 6.21. The fraction of sp³-hybridized carbons (Fsp3) is 0.478. The molecule has 1 saturated heterocycles. The van der Waals surface area contributed by atoms with Crippen LogP contribution in [0, 0.1) is 0 Å². The third kappa shape index (κ3) is 5.09. The standard InChI is InChI=1S/C23H29BrN4O3/c24-19-2-1-3-20-23(19)17(15-26-20)16-12-21(30)18(22(31)13-16)14-25-4-5-27-6-8-28(9-7-27)10-11-29/h1-3,14-16,26,29-30H,4-13H2. The van der Waals surface area contributed by atoms with Gasteiger partial charge in [-0.15, -0.1) is 0 Å². The summed E-state index contributed by atoms with van der Waals surface area (Å²) in [6, 6.07) is 5.97. The highest BCUT2D eigenvalue weighted by molar-refractivity contribution is 9.10. The Kier molecular flexibility index (Phi) is 7.22. The molecule has 166 valence electrons. The summed E-state index contributed by atoms with van der Waals surface area (Å²) >= 11 is 3.60. The fourth-order valence-electron chi connectivity index (χ4n) is 4.50. The van der Waals surface area contributed by atoms with Gasteiger partial charge in [-0.05, 0) is 17.7 Å². The molecule has 0 spiro atoms. The molecule has 2 aromatic rings. The predicted molar refractivity (Wildman–Crippen MR) is 126 cm³/mol. The van der Waals surface area contributed by atoms with Gasteiger partial charge in [-0.1, -0.05) is 22.0 Å². The Morgan fingerprint density at radius 1 is 1.16 bits per heavy atom. The van der Waals surface area contributed by atoms with E-state index < -0.39 is 0 Å². The number of H-pyrrole nitrogens is 1. The molecule has 31 heavy (non-hydrogen) atoms. The number of hydrogen-bond donors (Lipinski definition) is 3. The van der Waals surface area contributed by atoms with E-state index in [0.29, 0.717) is 25.0 Å². The molecule has 1 unspecified atom stereocenters. The minimum absolute atomic E-state index is 0.0488. The Hall–Kier alpha value is -2.00. The molecule has 0 saturated carbocycles. The van der Waals surface area contributed by atoms with E-state index in [4.69, 9.17) is 5.11 Å². The van der Waals surface area contributed by atoms with E-state index in [1.165, 1.54) is 0 Å². The van der Waals surface area contributed by atoms with Crippen LogP contribution < -0.4 is 0 Å².